The molecule has 2 amide bonds. The number of likely N-dealkylation sites (tertiary alicyclic amines) is 1. The van der Waals surface area contributed by atoms with Crippen molar-refractivity contribution in [2.75, 3.05) is 20.8 Å². The first-order chi connectivity index (χ1) is 13.1. The smallest absolute Gasteiger partial charge is 0.225 e. The van der Waals surface area contributed by atoms with Crippen LogP contribution in [-0.4, -0.2) is 37.5 Å². The first-order valence-electron chi connectivity index (χ1n) is 8.91. The van der Waals surface area contributed by atoms with Gasteiger partial charge in [0.15, 0.2) is 0 Å². The zero-order chi connectivity index (χ0) is 19.2. The fourth-order valence-electron chi connectivity index (χ4n) is 3.23. The van der Waals surface area contributed by atoms with Gasteiger partial charge in [0.05, 0.1) is 20.1 Å². The molecule has 0 aliphatic carbocycles. The SMILES string of the molecule is COc1ccc(CN2CC(C(=O)NCc3ccccc3OC)CC2=O)cc1. The van der Waals surface area contributed by atoms with Crippen molar-refractivity contribution < 1.29 is 19.1 Å². The molecule has 3 rings (SSSR count). The number of carbonyl (C=O) groups excluding carboxylic acids is 2. The molecule has 0 spiro atoms. The molecule has 0 radical (unpaired) electrons. The van der Waals surface area contributed by atoms with Gasteiger partial charge in [0, 0.05) is 31.6 Å². The number of ether oxygens (including phenoxy) is 2. The zero-order valence-corrected chi connectivity index (χ0v) is 15.6. The molecule has 6 heteroatoms. The van der Waals surface area contributed by atoms with Crippen LogP contribution in [0.4, 0.5) is 0 Å². The molecular formula is C21H24N2O4. The molecule has 1 aliphatic heterocycles. The highest BCUT2D eigenvalue weighted by atomic mass is 16.5. The average molecular weight is 368 g/mol. The van der Waals surface area contributed by atoms with E-state index in [0.29, 0.717) is 19.6 Å². The van der Waals surface area contributed by atoms with E-state index < -0.39 is 0 Å². The van der Waals surface area contributed by atoms with Crippen LogP contribution < -0.4 is 14.8 Å². The van der Waals surface area contributed by atoms with Gasteiger partial charge in [0.25, 0.3) is 0 Å². The second kappa shape index (κ2) is 8.58. The summed E-state index contributed by atoms with van der Waals surface area (Å²) in [7, 11) is 3.22. The molecule has 1 aliphatic rings. The quantitative estimate of drug-likeness (QED) is 0.815. The van der Waals surface area contributed by atoms with Crippen LogP contribution in [0.3, 0.4) is 0 Å². The molecule has 1 N–H and O–H groups in total. The summed E-state index contributed by atoms with van der Waals surface area (Å²) < 4.78 is 10.4. The Morgan fingerprint density at radius 2 is 1.85 bits per heavy atom. The first kappa shape index (κ1) is 18.8. The molecule has 1 heterocycles. The van der Waals surface area contributed by atoms with E-state index in [0.717, 1.165) is 22.6 Å². The normalized spacial score (nSPS) is 16.3. The molecule has 27 heavy (non-hydrogen) atoms. The van der Waals surface area contributed by atoms with Crippen molar-refractivity contribution in [1.29, 1.82) is 0 Å². The summed E-state index contributed by atoms with van der Waals surface area (Å²) in [6.07, 6.45) is 0.244. The number of rotatable bonds is 7. The third kappa shape index (κ3) is 4.58. The highest BCUT2D eigenvalue weighted by Gasteiger charge is 2.34. The maximum absolute atomic E-state index is 12.5. The van der Waals surface area contributed by atoms with Gasteiger partial charge in [-0.3, -0.25) is 9.59 Å². The lowest BCUT2D eigenvalue weighted by Crippen LogP contribution is -2.32. The molecule has 1 unspecified atom stereocenters. The van der Waals surface area contributed by atoms with Crippen molar-refractivity contribution in [1.82, 2.24) is 10.2 Å². The molecule has 2 aromatic rings. The van der Waals surface area contributed by atoms with E-state index in [1.165, 1.54) is 0 Å². The molecule has 1 atom stereocenters. The lowest BCUT2D eigenvalue weighted by atomic mass is 10.1. The number of amides is 2. The Hall–Kier alpha value is -3.02. The van der Waals surface area contributed by atoms with Crippen molar-refractivity contribution in [2.24, 2.45) is 5.92 Å². The Bertz CT molecular complexity index is 804. The maximum Gasteiger partial charge on any atom is 0.225 e. The second-order valence-electron chi connectivity index (χ2n) is 6.55. The van der Waals surface area contributed by atoms with Gasteiger partial charge in [0.2, 0.25) is 11.8 Å². The number of benzene rings is 2. The van der Waals surface area contributed by atoms with E-state index in [1.54, 1.807) is 19.1 Å². The van der Waals surface area contributed by atoms with Gasteiger partial charge in [-0.1, -0.05) is 30.3 Å². The minimum atomic E-state index is -0.328. The molecule has 0 bridgehead atoms. The second-order valence-corrected chi connectivity index (χ2v) is 6.55. The summed E-state index contributed by atoms with van der Waals surface area (Å²) in [4.78, 5) is 26.5. The van der Waals surface area contributed by atoms with Crippen molar-refractivity contribution in [3.63, 3.8) is 0 Å². The van der Waals surface area contributed by atoms with E-state index in [2.05, 4.69) is 5.32 Å². The van der Waals surface area contributed by atoms with E-state index in [9.17, 15) is 9.59 Å². The molecular weight excluding hydrogens is 344 g/mol. The van der Waals surface area contributed by atoms with Crippen LogP contribution in [0, 0.1) is 5.92 Å². The van der Waals surface area contributed by atoms with E-state index in [1.807, 2.05) is 48.5 Å². The van der Waals surface area contributed by atoms with Crippen LogP contribution >= 0.6 is 0 Å². The summed E-state index contributed by atoms with van der Waals surface area (Å²) in [5, 5.41) is 2.92. The van der Waals surface area contributed by atoms with Gasteiger partial charge in [-0.2, -0.15) is 0 Å². The monoisotopic (exact) mass is 368 g/mol. The summed E-state index contributed by atoms with van der Waals surface area (Å²) >= 11 is 0. The van der Waals surface area contributed by atoms with Crippen molar-refractivity contribution in [2.45, 2.75) is 19.5 Å². The average Bonchev–Trinajstić information content (AvgIpc) is 3.07. The van der Waals surface area contributed by atoms with Crippen LogP contribution in [0.5, 0.6) is 11.5 Å². The summed E-state index contributed by atoms with van der Waals surface area (Å²) in [5.41, 5.74) is 1.92. The zero-order valence-electron chi connectivity index (χ0n) is 15.6. The number of nitrogens with one attached hydrogen (secondary N) is 1. The van der Waals surface area contributed by atoms with Crippen LogP contribution in [0.25, 0.3) is 0 Å². The summed E-state index contributed by atoms with van der Waals surface area (Å²) in [6.45, 7) is 1.31. The lowest BCUT2D eigenvalue weighted by molar-refractivity contribution is -0.129. The largest absolute Gasteiger partial charge is 0.497 e. The van der Waals surface area contributed by atoms with Gasteiger partial charge in [0.1, 0.15) is 11.5 Å². The van der Waals surface area contributed by atoms with Crippen molar-refractivity contribution >= 4 is 11.8 Å². The summed E-state index contributed by atoms with van der Waals surface area (Å²) in [6, 6.07) is 15.2. The predicted octanol–water partition coefficient (Wildman–Crippen LogP) is 2.37. The van der Waals surface area contributed by atoms with Gasteiger partial charge in [-0.15, -0.1) is 0 Å². The van der Waals surface area contributed by atoms with Crippen molar-refractivity contribution in [3.8, 4) is 11.5 Å². The van der Waals surface area contributed by atoms with Crippen LogP contribution in [-0.2, 0) is 22.7 Å². The number of carbonyl (C=O) groups is 2. The number of nitrogens with zero attached hydrogens (tertiary/aromatic N) is 1. The minimum Gasteiger partial charge on any atom is -0.497 e. The lowest BCUT2D eigenvalue weighted by Gasteiger charge is -2.17. The van der Waals surface area contributed by atoms with Gasteiger partial charge in [-0.05, 0) is 23.8 Å². The summed E-state index contributed by atoms with van der Waals surface area (Å²) in [5.74, 6) is 1.08. The highest BCUT2D eigenvalue weighted by molar-refractivity contribution is 5.89. The van der Waals surface area contributed by atoms with E-state index in [4.69, 9.17) is 9.47 Å². The van der Waals surface area contributed by atoms with E-state index in [-0.39, 0.29) is 24.2 Å². The van der Waals surface area contributed by atoms with Gasteiger partial charge >= 0.3 is 0 Å². The Kier molecular flexibility index (Phi) is 5.96. The maximum atomic E-state index is 12.5. The standard InChI is InChI=1S/C21H24N2O4/c1-26-18-9-7-15(8-10-18)13-23-14-17(11-20(23)24)21(25)22-12-16-5-3-4-6-19(16)27-2/h3-10,17H,11-14H2,1-2H3,(H,22,25). The van der Waals surface area contributed by atoms with Gasteiger partial charge in [-0.25, -0.2) is 0 Å². The van der Waals surface area contributed by atoms with Crippen LogP contribution in [0.1, 0.15) is 17.5 Å². The number of hydrogen-bond donors (Lipinski definition) is 1. The molecule has 1 fully saturated rings. The number of para-hydroxylation sites is 1. The Morgan fingerprint density at radius 1 is 1.11 bits per heavy atom. The van der Waals surface area contributed by atoms with Crippen LogP contribution in [0.15, 0.2) is 48.5 Å². The highest BCUT2D eigenvalue weighted by Crippen LogP contribution is 2.22. The first-order valence-corrected chi connectivity index (χ1v) is 8.91. The van der Waals surface area contributed by atoms with Crippen LogP contribution in [0.2, 0.25) is 0 Å². The molecule has 1 saturated heterocycles. The van der Waals surface area contributed by atoms with Gasteiger partial charge < -0.3 is 19.7 Å². The Balaban J connectivity index is 1.55. The molecule has 6 nitrogen and oxygen atoms in total. The fourth-order valence-corrected chi connectivity index (χ4v) is 3.23. The molecule has 2 aromatic carbocycles. The van der Waals surface area contributed by atoms with E-state index >= 15 is 0 Å². The number of hydrogen-bond acceptors (Lipinski definition) is 4. The predicted molar refractivity (Wildman–Crippen MR) is 101 cm³/mol. The fraction of sp³-hybridized carbons (Fsp3) is 0.333. The number of methoxy groups -OCH3 is 2. The van der Waals surface area contributed by atoms with Crippen molar-refractivity contribution in [3.05, 3.63) is 59.7 Å². The minimum absolute atomic E-state index is 0.00302. The Morgan fingerprint density at radius 3 is 2.56 bits per heavy atom. The molecule has 0 aromatic heterocycles. The topological polar surface area (TPSA) is 67.9 Å². The third-order valence-electron chi connectivity index (χ3n) is 4.76. The molecule has 0 saturated carbocycles. The Labute approximate surface area is 159 Å². The third-order valence-corrected chi connectivity index (χ3v) is 4.76. The molecule has 142 valence electrons.